The molecule has 3 heterocycles. The van der Waals surface area contributed by atoms with Crippen LogP contribution in [-0.4, -0.2) is 14.5 Å². The molecule has 0 spiro atoms. The van der Waals surface area contributed by atoms with Crippen molar-refractivity contribution in [1.82, 2.24) is 14.5 Å². The Hall–Kier alpha value is -5.61. The number of para-hydroxylation sites is 4. The number of imidazole rings is 1. The van der Waals surface area contributed by atoms with Crippen LogP contribution in [0.2, 0.25) is 0 Å². The van der Waals surface area contributed by atoms with Crippen LogP contribution in [0.25, 0.3) is 72.4 Å². The minimum absolute atomic E-state index is 0. The largest absolute Gasteiger partial charge is 0.500 e. The van der Waals surface area contributed by atoms with Gasteiger partial charge in [-0.05, 0) is 72.6 Å². The van der Waals surface area contributed by atoms with Gasteiger partial charge in [0.25, 0.3) is 0 Å². The van der Waals surface area contributed by atoms with Crippen LogP contribution >= 0.6 is 0 Å². The first-order chi connectivity index (χ1) is 28.1. The maximum atomic E-state index is 8.83. The molecule has 5 heteroatoms. The van der Waals surface area contributed by atoms with Crippen LogP contribution in [0.4, 0.5) is 0 Å². The number of hydrogen-bond acceptors (Lipinski definition) is 3. The number of nitrogens with zero attached hydrogens (tertiary/aromatic N) is 3. The van der Waals surface area contributed by atoms with Crippen molar-refractivity contribution in [2.24, 2.45) is 5.41 Å². The second kappa shape index (κ2) is 15.6. The van der Waals surface area contributed by atoms with Crippen molar-refractivity contribution >= 4 is 33.0 Å². The standard InChI is InChI=1S/C29H26NO.C21H17N2.Ir/c1-19-18-30-26(16-21(19)17-29(2,3)4)25-15-9-14-24-23-13-8-12-22(27(23)31-28(24)25)20-10-6-5-7-11-20;1-15-9-8-10-16(2)20(15)23-19-14-7-6-13-18(19)22-21(23)17-11-4-3-5-12-17;/h5-14,16,18H,17H2,1-4H3;3-11,13-14H,1-2H3;/q2*-1;/i1D3,17D2;;. The van der Waals surface area contributed by atoms with E-state index in [0.717, 1.165) is 49.9 Å². The van der Waals surface area contributed by atoms with Crippen LogP contribution in [0.1, 0.15) is 49.9 Å². The van der Waals surface area contributed by atoms with Crippen LogP contribution in [0.15, 0.2) is 144 Å². The average molecular weight is 899 g/mol. The first-order valence-corrected chi connectivity index (χ1v) is 18.1. The van der Waals surface area contributed by atoms with Gasteiger partial charge in [0.15, 0.2) is 0 Å². The van der Waals surface area contributed by atoms with Crippen molar-refractivity contribution in [2.75, 3.05) is 0 Å². The third kappa shape index (κ3) is 7.56. The van der Waals surface area contributed by atoms with Gasteiger partial charge in [-0.15, -0.1) is 54.1 Å². The fourth-order valence-corrected chi connectivity index (χ4v) is 7.02. The first kappa shape index (κ1) is 31.7. The molecule has 55 heavy (non-hydrogen) atoms. The zero-order chi connectivity index (χ0) is 41.7. The fourth-order valence-electron chi connectivity index (χ4n) is 7.02. The number of hydrogen-bond donors (Lipinski definition) is 0. The number of fused-ring (bicyclic) bond motifs is 4. The summed E-state index contributed by atoms with van der Waals surface area (Å²) in [7, 11) is 0. The molecule has 1 radical (unpaired) electrons. The van der Waals surface area contributed by atoms with Crippen molar-refractivity contribution < 1.29 is 31.4 Å². The maximum Gasteiger partial charge on any atom is 0.128 e. The van der Waals surface area contributed by atoms with Crippen LogP contribution in [0, 0.1) is 38.2 Å². The van der Waals surface area contributed by atoms with Gasteiger partial charge in [-0.3, -0.25) is 4.98 Å². The summed E-state index contributed by atoms with van der Waals surface area (Å²) in [6, 6.07) is 50.5. The first-order valence-electron chi connectivity index (χ1n) is 20.6. The van der Waals surface area contributed by atoms with E-state index in [1.54, 1.807) is 32.9 Å². The molecular weight excluding hydrogens is 851 g/mol. The fraction of sp³-hybridized carbons (Fsp3) is 0.160. The topological polar surface area (TPSA) is 43.9 Å². The van der Waals surface area contributed by atoms with E-state index in [0.29, 0.717) is 16.8 Å². The van der Waals surface area contributed by atoms with Crippen LogP contribution in [0.3, 0.4) is 0 Å². The summed E-state index contributed by atoms with van der Waals surface area (Å²) in [5, 5.41) is 1.84. The summed E-state index contributed by atoms with van der Waals surface area (Å²) >= 11 is 0. The molecule has 4 nitrogen and oxygen atoms in total. The predicted molar refractivity (Wildman–Crippen MR) is 224 cm³/mol. The van der Waals surface area contributed by atoms with Gasteiger partial charge in [-0.2, -0.15) is 0 Å². The van der Waals surface area contributed by atoms with Gasteiger partial charge in [0.1, 0.15) is 5.58 Å². The van der Waals surface area contributed by atoms with Crippen molar-refractivity contribution in [3.05, 3.63) is 174 Å². The second-order valence-corrected chi connectivity index (χ2v) is 14.5. The van der Waals surface area contributed by atoms with E-state index in [9.17, 15) is 0 Å². The summed E-state index contributed by atoms with van der Waals surface area (Å²) in [6.07, 6.45) is -0.650. The van der Waals surface area contributed by atoms with E-state index in [1.165, 1.54) is 23.0 Å². The van der Waals surface area contributed by atoms with Crippen molar-refractivity contribution in [1.29, 1.82) is 0 Å². The van der Waals surface area contributed by atoms with Crippen molar-refractivity contribution in [2.45, 2.75) is 47.8 Å². The molecule has 9 rings (SSSR count). The van der Waals surface area contributed by atoms with Crippen molar-refractivity contribution in [3.63, 3.8) is 0 Å². The van der Waals surface area contributed by atoms with Gasteiger partial charge in [0.2, 0.25) is 0 Å². The monoisotopic (exact) mass is 899 g/mol. The molecule has 0 saturated heterocycles. The molecule has 0 unspecified atom stereocenters. The molecule has 0 bridgehead atoms. The average Bonchev–Trinajstić information content (AvgIpc) is 3.80. The molecule has 3 aromatic heterocycles. The molecule has 0 aliphatic carbocycles. The molecule has 6 aromatic carbocycles. The maximum absolute atomic E-state index is 8.83. The molecule has 0 aliphatic rings. The van der Waals surface area contributed by atoms with Crippen LogP contribution in [0.5, 0.6) is 0 Å². The Morgan fingerprint density at radius 1 is 0.745 bits per heavy atom. The summed E-state index contributed by atoms with van der Waals surface area (Å²) in [6.45, 7) is 7.07. The number of furan rings is 1. The van der Waals surface area contributed by atoms with E-state index in [2.05, 4.69) is 78.0 Å². The van der Waals surface area contributed by atoms with Gasteiger partial charge >= 0.3 is 0 Å². The summed E-state index contributed by atoms with van der Waals surface area (Å²) in [5.41, 5.74) is 10.3. The molecule has 0 saturated carbocycles. The Morgan fingerprint density at radius 2 is 1.47 bits per heavy atom. The van der Waals surface area contributed by atoms with E-state index in [4.69, 9.17) is 16.3 Å². The summed E-state index contributed by atoms with van der Waals surface area (Å²) < 4.78 is 50.3. The molecule has 275 valence electrons. The zero-order valence-corrected chi connectivity index (χ0v) is 33.8. The molecule has 0 atom stereocenters. The van der Waals surface area contributed by atoms with Crippen molar-refractivity contribution in [3.8, 4) is 39.5 Å². The molecule has 0 N–H and O–H groups in total. The van der Waals surface area contributed by atoms with Gasteiger partial charge in [0, 0.05) is 49.8 Å². The van der Waals surface area contributed by atoms with Gasteiger partial charge in [-0.25, -0.2) is 0 Å². The molecule has 0 fully saturated rings. The third-order valence-corrected chi connectivity index (χ3v) is 9.39. The summed E-state index contributed by atoms with van der Waals surface area (Å²) in [5.74, 6) is 0.934. The predicted octanol–water partition coefficient (Wildman–Crippen LogP) is 13.1. The number of benzene rings is 6. The smallest absolute Gasteiger partial charge is 0.128 e. The second-order valence-electron chi connectivity index (χ2n) is 14.5. The SMILES string of the molecule is Cc1cccc(C)c1-n1c(-c2[c-]cccc2)nc2ccccc21.[2H]C([2H])([2H])c1cnc(-c2[c-]ccc3c2oc2c(-c4ccccc4)cccc23)cc1C([2H])([2H])C(C)(C)C.[Ir]. The Kier molecular flexibility index (Phi) is 9.01. The summed E-state index contributed by atoms with van der Waals surface area (Å²) in [4.78, 5) is 9.33. The van der Waals surface area contributed by atoms with E-state index in [-0.39, 0.29) is 31.2 Å². The minimum Gasteiger partial charge on any atom is -0.500 e. The van der Waals surface area contributed by atoms with Gasteiger partial charge in [-0.1, -0.05) is 122 Å². The van der Waals surface area contributed by atoms with Crippen LogP contribution < -0.4 is 0 Å². The molecule has 0 aliphatic heterocycles. The normalized spacial score (nSPS) is 13.2. The van der Waals surface area contributed by atoms with Gasteiger partial charge in [0.05, 0.1) is 22.4 Å². The Labute approximate surface area is 344 Å². The minimum atomic E-state index is -2.50. The van der Waals surface area contributed by atoms with E-state index in [1.807, 2.05) is 78.9 Å². The van der Waals surface area contributed by atoms with Crippen LogP contribution in [-0.2, 0) is 26.5 Å². The number of aryl methyl sites for hydroxylation is 3. The Morgan fingerprint density at radius 3 is 2.22 bits per heavy atom. The number of pyridine rings is 1. The number of aromatic nitrogens is 3. The molecule has 9 aromatic rings. The molecular formula is C50H43IrN3O-2. The Bertz CT molecular complexity index is 2950. The third-order valence-electron chi connectivity index (χ3n) is 9.39. The quantitative estimate of drug-likeness (QED) is 0.162. The Balaban J connectivity index is 0.000000195. The zero-order valence-electron chi connectivity index (χ0n) is 36.4. The van der Waals surface area contributed by atoms with E-state index < -0.39 is 18.6 Å². The number of rotatable bonds is 5. The van der Waals surface area contributed by atoms with Gasteiger partial charge < -0.3 is 14.0 Å². The molecule has 0 amide bonds. The van der Waals surface area contributed by atoms with E-state index >= 15 is 0 Å².